The molecule has 0 fully saturated rings. The van der Waals surface area contributed by atoms with E-state index in [1.807, 2.05) is 32.6 Å². The number of hydrogen-bond acceptors (Lipinski definition) is 5. The van der Waals surface area contributed by atoms with Crippen molar-refractivity contribution in [1.29, 1.82) is 0 Å². The van der Waals surface area contributed by atoms with Crippen LogP contribution in [-0.4, -0.2) is 39.5 Å². The van der Waals surface area contributed by atoms with E-state index in [0.29, 0.717) is 6.54 Å². The topological polar surface area (TPSA) is 90.3 Å². The highest BCUT2D eigenvalue weighted by atomic mass is 16.2. The third-order valence-corrected chi connectivity index (χ3v) is 3.86. The first-order chi connectivity index (χ1) is 11.2. The van der Waals surface area contributed by atoms with Crippen LogP contribution >= 0.6 is 0 Å². The number of nitrogens with zero attached hydrogens (tertiary/aromatic N) is 3. The van der Waals surface area contributed by atoms with Gasteiger partial charge in [-0.05, 0) is 31.8 Å². The standard InChI is InChI=1S/C17H30N4O3/c1-6-8-20(9-7-2)11-13(22)14-15(18)21(10-12(3)4)17(24)19(5)16(14)23/h12H,6-11,18H2,1-5H3. The zero-order valence-electron chi connectivity index (χ0n) is 15.5. The second-order valence-electron chi connectivity index (χ2n) is 6.61. The maximum atomic E-state index is 12.7. The Morgan fingerprint density at radius 1 is 1.17 bits per heavy atom. The predicted octanol–water partition coefficient (Wildman–Crippen LogP) is 1.09. The quantitative estimate of drug-likeness (QED) is 0.681. The molecular formula is C17H30N4O3. The molecule has 1 aromatic rings. The number of hydrogen-bond donors (Lipinski definition) is 1. The summed E-state index contributed by atoms with van der Waals surface area (Å²) in [5, 5.41) is 0. The van der Waals surface area contributed by atoms with Crippen molar-refractivity contribution in [3.63, 3.8) is 0 Å². The molecule has 0 aliphatic heterocycles. The lowest BCUT2D eigenvalue weighted by Gasteiger charge is -2.21. The summed E-state index contributed by atoms with van der Waals surface area (Å²) in [6.07, 6.45) is 1.85. The Morgan fingerprint density at radius 2 is 1.71 bits per heavy atom. The number of carbonyl (C=O) groups excluding carboxylic acids is 1. The molecule has 0 saturated carbocycles. The largest absolute Gasteiger partial charge is 0.384 e. The van der Waals surface area contributed by atoms with Gasteiger partial charge >= 0.3 is 5.69 Å². The number of anilines is 1. The molecule has 0 amide bonds. The van der Waals surface area contributed by atoms with E-state index in [4.69, 9.17) is 5.73 Å². The Morgan fingerprint density at radius 3 is 2.17 bits per heavy atom. The molecule has 24 heavy (non-hydrogen) atoms. The lowest BCUT2D eigenvalue weighted by atomic mass is 10.1. The Hall–Kier alpha value is -1.89. The van der Waals surface area contributed by atoms with Crippen LogP contribution in [0, 0.1) is 5.92 Å². The number of carbonyl (C=O) groups is 1. The van der Waals surface area contributed by atoms with Crippen molar-refractivity contribution in [3.05, 3.63) is 26.4 Å². The van der Waals surface area contributed by atoms with Crippen LogP contribution in [0.15, 0.2) is 9.59 Å². The van der Waals surface area contributed by atoms with Gasteiger partial charge in [0.1, 0.15) is 11.4 Å². The lowest BCUT2D eigenvalue weighted by Crippen LogP contribution is -2.44. The number of aromatic nitrogens is 2. The number of ketones is 1. The summed E-state index contributed by atoms with van der Waals surface area (Å²) in [6.45, 7) is 10.1. The minimum absolute atomic E-state index is 0.0188. The predicted molar refractivity (Wildman–Crippen MR) is 96.5 cm³/mol. The molecule has 1 aromatic heterocycles. The molecule has 136 valence electrons. The van der Waals surface area contributed by atoms with Crippen molar-refractivity contribution in [3.8, 4) is 0 Å². The normalized spacial score (nSPS) is 11.5. The number of rotatable bonds is 9. The van der Waals surface area contributed by atoms with Crippen molar-refractivity contribution in [2.24, 2.45) is 13.0 Å². The summed E-state index contributed by atoms with van der Waals surface area (Å²) in [5.41, 5.74) is 4.86. The van der Waals surface area contributed by atoms with Gasteiger partial charge in [-0.2, -0.15) is 0 Å². The summed E-state index contributed by atoms with van der Waals surface area (Å²) < 4.78 is 2.29. The van der Waals surface area contributed by atoms with Crippen LogP contribution in [-0.2, 0) is 13.6 Å². The zero-order valence-corrected chi connectivity index (χ0v) is 15.5. The van der Waals surface area contributed by atoms with Crippen LogP contribution in [0.3, 0.4) is 0 Å². The monoisotopic (exact) mass is 338 g/mol. The van der Waals surface area contributed by atoms with Gasteiger partial charge in [0.15, 0.2) is 5.78 Å². The molecular weight excluding hydrogens is 308 g/mol. The fourth-order valence-electron chi connectivity index (χ4n) is 2.77. The van der Waals surface area contributed by atoms with E-state index >= 15 is 0 Å². The summed E-state index contributed by atoms with van der Waals surface area (Å²) >= 11 is 0. The molecule has 0 saturated heterocycles. The number of nitrogens with two attached hydrogens (primary N) is 1. The van der Waals surface area contributed by atoms with E-state index in [1.54, 1.807) is 0 Å². The van der Waals surface area contributed by atoms with Crippen molar-refractivity contribution in [1.82, 2.24) is 14.0 Å². The molecule has 0 aromatic carbocycles. The lowest BCUT2D eigenvalue weighted by molar-refractivity contribution is 0.0928. The van der Waals surface area contributed by atoms with Gasteiger partial charge in [0.25, 0.3) is 5.56 Å². The van der Waals surface area contributed by atoms with E-state index in [2.05, 4.69) is 0 Å². The fourth-order valence-corrected chi connectivity index (χ4v) is 2.77. The maximum Gasteiger partial charge on any atom is 0.332 e. The highest BCUT2D eigenvalue weighted by molar-refractivity contribution is 6.01. The molecule has 1 rings (SSSR count). The molecule has 0 spiro atoms. The second kappa shape index (κ2) is 8.82. The summed E-state index contributed by atoms with van der Waals surface area (Å²) in [6, 6.07) is 0. The van der Waals surface area contributed by atoms with Crippen molar-refractivity contribution < 1.29 is 4.79 Å². The molecule has 0 atom stereocenters. The Balaban J connectivity index is 3.32. The highest BCUT2D eigenvalue weighted by Gasteiger charge is 2.23. The summed E-state index contributed by atoms with van der Waals surface area (Å²) in [5.74, 6) is -0.176. The Labute approximate surface area is 143 Å². The van der Waals surface area contributed by atoms with Crippen LogP contribution < -0.4 is 17.0 Å². The van der Waals surface area contributed by atoms with Gasteiger partial charge in [-0.15, -0.1) is 0 Å². The molecule has 0 aliphatic carbocycles. The first-order valence-corrected chi connectivity index (χ1v) is 8.59. The smallest absolute Gasteiger partial charge is 0.332 e. The van der Waals surface area contributed by atoms with E-state index in [0.717, 1.165) is 30.5 Å². The van der Waals surface area contributed by atoms with Gasteiger partial charge in [0.05, 0.1) is 6.54 Å². The van der Waals surface area contributed by atoms with E-state index in [-0.39, 0.29) is 29.6 Å². The minimum Gasteiger partial charge on any atom is -0.384 e. The average Bonchev–Trinajstić information content (AvgIpc) is 2.50. The van der Waals surface area contributed by atoms with Crippen LogP contribution in [0.25, 0.3) is 0 Å². The SMILES string of the molecule is CCCN(CCC)CC(=O)c1c(N)n(CC(C)C)c(=O)n(C)c1=O. The van der Waals surface area contributed by atoms with Gasteiger partial charge in [0, 0.05) is 13.6 Å². The third-order valence-electron chi connectivity index (χ3n) is 3.86. The molecule has 2 N–H and O–H groups in total. The minimum atomic E-state index is -0.615. The molecule has 7 nitrogen and oxygen atoms in total. The van der Waals surface area contributed by atoms with Gasteiger partial charge in [-0.1, -0.05) is 27.7 Å². The Bertz CT molecular complexity index is 682. The molecule has 0 unspecified atom stereocenters. The molecule has 0 radical (unpaired) electrons. The van der Waals surface area contributed by atoms with E-state index < -0.39 is 11.2 Å². The van der Waals surface area contributed by atoms with Crippen LogP contribution in [0.4, 0.5) is 5.82 Å². The first kappa shape index (κ1) is 20.2. The maximum absolute atomic E-state index is 12.7. The van der Waals surface area contributed by atoms with Gasteiger partial charge in [-0.25, -0.2) is 4.79 Å². The first-order valence-electron chi connectivity index (χ1n) is 8.59. The number of nitrogen functional groups attached to an aromatic ring is 1. The average molecular weight is 338 g/mol. The van der Waals surface area contributed by atoms with Gasteiger partial charge in [-0.3, -0.25) is 23.6 Å². The highest BCUT2D eigenvalue weighted by Crippen LogP contribution is 2.09. The Kier molecular flexibility index (Phi) is 7.41. The van der Waals surface area contributed by atoms with Gasteiger partial charge < -0.3 is 5.73 Å². The van der Waals surface area contributed by atoms with E-state index in [1.165, 1.54) is 11.6 Å². The van der Waals surface area contributed by atoms with Crippen LogP contribution in [0.1, 0.15) is 50.9 Å². The van der Waals surface area contributed by atoms with Crippen molar-refractivity contribution in [2.75, 3.05) is 25.4 Å². The molecule has 0 aliphatic rings. The molecule has 7 heteroatoms. The second-order valence-corrected chi connectivity index (χ2v) is 6.61. The number of Topliss-reactive ketones (excluding diaryl/α,β-unsaturated/α-hetero) is 1. The summed E-state index contributed by atoms with van der Waals surface area (Å²) in [4.78, 5) is 39.4. The molecule has 1 heterocycles. The van der Waals surface area contributed by atoms with Crippen LogP contribution in [0.2, 0.25) is 0 Å². The third kappa shape index (κ3) is 4.56. The van der Waals surface area contributed by atoms with Gasteiger partial charge in [0.2, 0.25) is 0 Å². The van der Waals surface area contributed by atoms with Crippen molar-refractivity contribution >= 4 is 11.6 Å². The summed E-state index contributed by atoms with van der Waals surface area (Å²) in [7, 11) is 1.38. The van der Waals surface area contributed by atoms with Crippen molar-refractivity contribution in [2.45, 2.75) is 47.1 Å². The molecule has 0 bridgehead atoms. The van der Waals surface area contributed by atoms with Crippen LogP contribution in [0.5, 0.6) is 0 Å². The zero-order chi connectivity index (χ0) is 18.4. The van der Waals surface area contributed by atoms with E-state index in [9.17, 15) is 14.4 Å². The fraction of sp³-hybridized carbons (Fsp3) is 0.706.